The second-order valence-corrected chi connectivity index (χ2v) is 7.02. The van der Waals surface area contributed by atoms with Crippen molar-refractivity contribution in [2.24, 2.45) is 5.92 Å². The lowest BCUT2D eigenvalue weighted by atomic mass is 9.89. The summed E-state index contributed by atoms with van der Waals surface area (Å²) in [6, 6.07) is 8.80. The van der Waals surface area contributed by atoms with Gasteiger partial charge in [0.25, 0.3) is 0 Å². The summed E-state index contributed by atoms with van der Waals surface area (Å²) in [5.74, 6) is 0.721. The van der Waals surface area contributed by atoms with Gasteiger partial charge in [0, 0.05) is 17.8 Å². The van der Waals surface area contributed by atoms with E-state index in [-0.39, 0.29) is 23.4 Å². The summed E-state index contributed by atoms with van der Waals surface area (Å²) >= 11 is 0. The molecule has 1 aromatic carbocycles. The number of nitrogens with zero attached hydrogens (tertiary/aromatic N) is 1. The van der Waals surface area contributed by atoms with Crippen LogP contribution in [0.4, 0.5) is 0 Å². The van der Waals surface area contributed by atoms with Crippen molar-refractivity contribution in [3.63, 3.8) is 0 Å². The SMILES string of the molecule is Cc1c(OC(=O)C2CCCCC2)ccc2c1O/C(=C\c1ccccn1)C2=O. The molecule has 1 aliphatic carbocycles. The topological polar surface area (TPSA) is 65.5 Å². The van der Waals surface area contributed by atoms with Crippen molar-refractivity contribution >= 4 is 17.8 Å². The number of rotatable bonds is 3. The Balaban J connectivity index is 1.57. The molecule has 2 aromatic rings. The molecule has 2 heterocycles. The Morgan fingerprint density at radius 1 is 1.19 bits per heavy atom. The summed E-state index contributed by atoms with van der Waals surface area (Å²) in [7, 11) is 0. The van der Waals surface area contributed by atoms with Gasteiger partial charge in [-0.2, -0.15) is 0 Å². The van der Waals surface area contributed by atoms with E-state index in [1.807, 2.05) is 12.1 Å². The van der Waals surface area contributed by atoms with Gasteiger partial charge in [0.05, 0.1) is 17.2 Å². The number of allylic oxidation sites excluding steroid dienone is 1. The van der Waals surface area contributed by atoms with E-state index in [0.29, 0.717) is 28.3 Å². The highest BCUT2D eigenvalue weighted by Crippen LogP contribution is 2.39. The predicted octanol–water partition coefficient (Wildman–Crippen LogP) is 4.49. The van der Waals surface area contributed by atoms with Crippen LogP contribution in [-0.4, -0.2) is 16.7 Å². The summed E-state index contributed by atoms with van der Waals surface area (Å²) in [6.07, 6.45) is 8.37. The van der Waals surface area contributed by atoms with Crippen LogP contribution in [0.15, 0.2) is 42.3 Å². The second kappa shape index (κ2) is 7.35. The molecule has 0 saturated heterocycles. The van der Waals surface area contributed by atoms with E-state index in [2.05, 4.69) is 4.98 Å². The number of pyridine rings is 1. The molecule has 1 saturated carbocycles. The maximum Gasteiger partial charge on any atom is 0.314 e. The Morgan fingerprint density at radius 2 is 2.00 bits per heavy atom. The van der Waals surface area contributed by atoms with Crippen molar-refractivity contribution in [2.45, 2.75) is 39.0 Å². The molecule has 0 bridgehead atoms. The molecule has 0 spiro atoms. The zero-order chi connectivity index (χ0) is 18.8. The molecule has 0 unspecified atom stereocenters. The van der Waals surface area contributed by atoms with Crippen LogP contribution in [0.3, 0.4) is 0 Å². The third kappa shape index (κ3) is 3.50. The van der Waals surface area contributed by atoms with Crippen molar-refractivity contribution < 1.29 is 19.1 Å². The number of benzene rings is 1. The van der Waals surface area contributed by atoms with Gasteiger partial charge in [0.2, 0.25) is 5.78 Å². The van der Waals surface area contributed by atoms with E-state index in [4.69, 9.17) is 9.47 Å². The van der Waals surface area contributed by atoms with Crippen LogP contribution in [0.2, 0.25) is 0 Å². The van der Waals surface area contributed by atoms with Gasteiger partial charge in [-0.05, 0) is 44.0 Å². The molecule has 138 valence electrons. The third-order valence-corrected chi connectivity index (χ3v) is 5.15. The molecule has 5 nitrogen and oxygen atoms in total. The van der Waals surface area contributed by atoms with Gasteiger partial charge in [-0.3, -0.25) is 14.6 Å². The van der Waals surface area contributed by atoms with E-state index in [0.717, 1.165) is 25.7 Å². The average Bonchev–Trinajstić information content (AvgIpc) is 3.02. The molecule has 5 heteroatoms. The fourth-order valence-electron chi connectivity index (χ4n) is 3.60. The van der Waals surface area contributed by atoms with E-state index in [1.54, 1.807) is 37.4 Å². The summed E-state index contributed by atoms with van der Waals surface area (Å²) in [6.45, 7) is 1.80. The minimum Gasteiger partial charge on any atom is -0.452 e. The molecule has 0 amide bonds. The third-order valence-electron chi connectivity index (χ3n) is 5.15. The monoisotopic (exact) mass is 363 g/mol. The highest BCUT2D eigenvalue weighted by Gasteiger charge is 2.31. The van der Waals surface area contributed by atoms with Gasteiger partial charge in [-0.25, -0.2) is 0 Å². The summed E-state index contributed by atoms with van der Waals surface area (Å²) in [4.78, 5) is 29.2. The first-order chi connectivity index (χ1) is 13.1. The molecular weight excluding hydrogens is 342 g/mol. The number of hydrogen-bond donors (Lipinski definition) is 0. The first-order valence-electron chi connectivity index (χ1n) is 9.34. The summed E-state index contributed by atoms with van der Waals surface area (Å²) in [5, 5.41) is 0. The van der Waals surface area contributed by atoms with E-state index in [9.17, 15) is 9.59 Å². The van der Waals surface area contributed by atoms with Crippen LogP contribution in [-0.2, 0) is 4.79 Å². The molecule has 2 aliphatic rings. The van der Waals surface area contributed by atoms with Crippen molar-refractivity contribution in [1.29, 1.82) is 0 Å². The molecular formula is C22H21NO4. The lowest BCUT2D eigenvalue weighted by molar-refractivity contribution is -0.140. The first-order valence-corrected chi connectivity index (χ1v) is 9.34. The van der Waals surface area contributed by atoms with Gasteiger partial charge < -0.3 is 9.47 Å². The van der Waals surface area contributed by atoms with E-state index >= 15 is 0 Å². The van der Waals surface area contributed by atoms with E-state index in [1.165, 1.54) is 6.42 Å². The van der Waals surface area contributed by atoms with Gasteiger partial charge in [-0.15, -0.1) is 0 Å². The maximum absolute atomic E-state index is 12.6. The highest BCUT2D eigenvalue weighted by atomic mass is 16.5. The second-order valence-electron chi connectivity index (χ2n) is 7.02. The Kier molecular flexibility index (Phi) is 4.75. The number of aromatic nitrogens is 1. The number of carbonyl (C=O) groups is 2. The van der Waals surface area contributed by atoms with Crippen LogP contribution in [0.1, 0.15) is 53.7 Å². The molecule has 27 heavy (non-hydrogen) atoms. The molecule has 0 radical (unpaired) electrons. The van der Waals surface area contributed by atoms with Gasteiger partial charge in [0.1, 0.15) is 11.5 Å². The van der Waals surface area contributed by atoms with Gasteiger partial charge in [0.15, 0.2) is 5.76 Å². The first kappa shape index (κ1) is 17.5. The predicted molar refractivity (Wildman–Crippen MR) is 101 cm³/mol. The van der Waals surface area contributed by atoms with Crippen LogP contribution in [0.25, 0.3) is 6.08 Å². The highest BCUT2D eigenvalue weighted by molar-refractivity contribution is 6.14. The van der Waals surface area contributed by atoms with Crippen molar-refractivity contribution in [1.82, 2.24) is 4.98 Å². The molecule has 1 aliphatic heterocycles. The summed E-state index contributed by atoms with van der Waals surface area (Å²) in [5.41, 5.74) is 1.79. The van der Waals surface area contributed by atoms with Gasteiger partial charge in [-0.1, -0.05) is 25.3 Å². The fraction of sp³-hybridized carbons (Fsp3) is 0.318. The number of ether oxygens (including phenoxy) is 2. The van der Waals surface area contributed by atoms with Crippen molar-refractivity contribution in [2.75, 3.05) is 0 Å². The molecule has 1 fully saturated rings. The van der Waals surface area contributed by atoms with Gasteiger partial charge >= 0.3 is 5.97 Å². The number of esters is 1. The van der Waals surface area contributed by atoms with Crippen LogP contribution in [0, 0.1) is 12.8 Å². The summed E-state index contributed by atoms with van der Waals surface area (Å²) < 4.78 is 11.4. The van der Waals surface area contributed by atoms with Crippen LogP contribution in [0.5, 0.6) is 11.5 Å². The van der Waals surface area contributed by atoms with Crippen molar-refractivity contribution in [3.05, 3.63) is 59.1 Å². The molecule has 0 N–H and O–H groups in total. The Morgan fingerprint density at radius 3 is 2.74 bits per heavy atom. The van der Waals surface area contributed by atoms with Crippen LogP contribution < -0.4 is 9.47 Å². The Hall–Kier alpha value is -2.95. The normalized spacial score (nSPS) is 18.3. The minimum absolute atomic E-state index is 0.0337. The maximum atomic E-state index is 12.6. The Labute approximate surface area is 158 Å². The number of ketones is 1. The molecule has 4 rings (SSSR count). The number of fused-ring (bicyclic) bond motifs is 1. The fourth-order valence-corrected chi connectivity index (χ4v) is 3.60. The largest absolute Gasteiger partial charge is 0.452 e. The lowest BCUT2D eigenvalue weighted by Crippen LogP contribution is -2.23. The molecule has 0 atom stereocenters. The van der Waals surface area contributed by atoms with Crippen molar-refractivity contribution in [3.8, 4) is 11.5 Å². The zero-order valence-corrected chi connectivity index (χ0v) is 15.2. The molecule has 1 aromatic heterocycles. The zero-order valence-electron chi connectivity index (χ0n) is 15.2. The minimum atomic E-state index is -0.191. The standard InChI is InChI=1S/C22H21NO4/c1-14-18(27-22(25)15-7-3-2-4-8-15)11-10-17-20(24)19(26-21(14)17)13-16-9-5-6-12-23-16/h5-6,9-13,15H,2-4,7-8H2,1H3/b19-13-. The lowest BCUT2D eigenvalue weighted by Gasteiger charge is -2.20. The number of hydrogen-bond acceptors (Lipinski definition) is 5. The smallest absolute Gasteiger partial charge is 0.314 e. The van der Waals surface area contributed by atoms with Crippen LogP contribution >= 0.6 is 0 Å². The number of Topliss-reactive ketones (excluding diaryl/α,β-unsaturated/α-hetero) is 1. The number of carbonyl (C=O) groups excluding carboxylic acids is 2. The quantitative estimate of drug-likeness (QED) is 0.457. The Bertz CT molecular complexity index is 911. The van der Waals surface area contributed by atoms with E-state index < -0.39 is 0 Å². The average molecular weight is 363 g/mol.